The molecule has 0 aromatic carbocycles. The van der Waals surface area contributed by atoms with Crippen molar-refractivity contribution in [2.24, 2.45) is 0 Å². The molecule has 0 atom stereocenters. The van der Waals surface area contributed by atoms with Gasteiger partial charge in [-0.3, -0.25) is 4.79 Å². The second kappa shape index (κ2) is 2.65. The largest absolute Gasteiger partial charge is 0.344 e. The predicted molar refractivity (Wildman–Crippen MR) is 60.0 cm³/mol. The highest BCUT2D eigenvalue weighted by Crippen LogP contribution is 2.35. The fourth-order valence-corrected chi connectivity index (χ4v) is 2.08. The van der Waals surface area contributed by atoms with Gasteiger partial charge in [0.2, 0.25) is 0 Å². The highest BCUT2D eigenvalue weighted by Gasteiger charge is 2.45. The third-order valence-corrected chi connectivity index (χ3v) is 3.86. The van der Waals surface area contributed by atoms with E-state index in [-0.39, 0.29) is 17.0 Å². The highest BCUT2D eigenvalue weighted by molar-refractivity contribution is 5.95. The van der Waals surface area contributed by atoms with Gasteiger partial charge in [0.1, 0.15) is 5.69 Å². The highest BCUT2D eigenvalue weighted by atomic mass is 16.2. The van der Waals surface area contributed by atoms with Crippen molar-refractivity contribution in [3.63, 3.8) is 0 Å². The molecule has 2 heterocycles. The lowest BCUT2D eigenvalue weighted by Crippen LogP contribution is -2.63. The minimum absolute atomic E-state index is 0.0295. The topological polar surface area (TPSA) is 34.0 Å². The third-order valence-electron chi connectivity index (χ3n) is 3.86. The Morgan fingerprint density at radius 3 is 2.47 bits per heavy atom. The molecule has 1 N–H and O–H groups in total. The monoisotopic (exact) mass is 206 g/mol. The Hall–Kier alpha value is -1.25. The third kappa shape index (κ3) is 1.15. The number of aryl methyl sites for hydroxylation is 1. The van der Waals surface area contributed by atoms with Crippen LogP contribution >= 0.6 is 0 Å². The molecule has 1 aliphatic rings. The fourth-order valence-electron chi connectivity index (χ4n) is 2.08. The molecule has 0 spiro atoms. The van der Waals surface area contributed by atoms with Crippen molar-refractivity contribution in [3.8, 4) is 0 Å². The summed E-state index contributed by atoms with van der Waals surface area (Å²) in [6, 6.07) is 2.00. The van der Waals surface area contributed by atoms with E-state index in [2.05, 4.69) is 37.6 Å². The van der Waals surface area contributed by atoms with Crippen LogP contribution in [0.1, 0.15) is 43.7 Å². The number of rotatable bonds is 0. The van der Waals surface area contributed by atoms with Gasteiger partial charge >= 0.3 is 0 Å². The zero-order valence-corrected chi connectivity index (χ0v) is 10.0. The van der Waals surface area contributed by atoms with Crippen LogP contribution < -0.4 is 5.32 Å². The maximum absolute atomic E-state index is 11.9. The molecule has 1 aromatic heterocycles. The van der Waals surface area contributed by atoms with Gasteiger partial charge in [0.15, 0.2) is 0 Å². The lowest BCUT2D eigenvalue weighted by atomic mass is 9.80. The number of nitrogens with one attached hydrogen (secondary N) is 1. The van der Waals surface area contributed by atoms with Crippen molar-refractivity contribution in [2.45, 2.75) is 45.7 Å². The van der Waals surface area contributed by atoms with Crippen molar-refractivity contribution >= 4 is 5.91 Å². The Balaban J connectivity index is 2.69. The Morgan fingerprint density at radius 1 is 1.27 bits per heavy atom. The van der Waals surface area contributed by atoms with Crippen molar-refractivity contribution in [1.82, 2.24) is 9.88 Å². The molecule has 0 fully saturated rings. The number of fused-ring (bicyclic) bond motifs is 1. The number of aromatic nitrogens is 1. The minimum atomic E-state index is -0.234. The second-order valence-electron chi connectivity index (χ2n) is 5.36. The van der Waals surface area contributed by atoms with E-state index in [9.17, 15) is 4.79 Å². The molecule has 15 heavy (non-hydrogen) atoms. The lowest BCUT2D eigenvalue weighted by molar-refractivity contribution is 0.0700. The van der Waals surface area contributed by atoms with Crippen LogP contribution in [0.5, 0.6) is 0 Å². The maximum Gasteiger partial charge on any atom is 0.268 e. The molecule has 0 aliphatic carbocycles. The first-order valence-electron chi connectivity index (χ1n) is 5.28. The van der Waals surface area contributed by atoms with Crippen molar-refractivity contribution in [2.75, 3.05) is 0 Å². The van der Waals surface area contributed by atoms with E-state index < -0.39 is 0 Å². The van der Waals surface area contributed by atoms with Gasteiger partial charge in [-0.1, -0.05) is 0 Å². The molecule has 0 saturated heterocycles. The van der Waals surface area contributed by atoms with Crippen LogP contribution in [0.3, 0.4) is 0 Å². The molecule has 3 heteroatoms. The SMILES string of the molecule is Cc1ccn2c1C(=O)NC(C)(C)C2(C)C. The lowest BCUT2D eigenvalue weighted by Gasteiger charge is -2.47. The van der Waals surface area contributed by atoms with Crippen LogP contribution in [0.2, 0.25) is 0 Å². The van der Waals surface area contributed by atoms with Gasteiger partial charge in [-0.15, -0.1) is 0 Å². The molecular formula is C12H18N2O. The van der Waals surface area contributed by atoms with Crippen molar-refractivity contribution in [1.29, 1.82) is 0 Å². The zero-order chi connectivity index (χ0) is 11.4. The van der Waals surface area contributed by atoms with Gasteiger partial charge in [-0.2, -0.15) is 0 Å². The van der Waals surface area contributed by atoms with Crippen molar-refractivity contribution in [3.05, 3.63) is 23.5 Å². The average Bonchev–Trinajstić information content (AvgIpc) is 2.44. The minimum Gasteiger partial charge on any atom is -0.344 e. The average molecular weight is 206 g/mol. The Labute approximate surface area is 90.5 Å². The van der Waals surface area contributed by atoms with Crippen LogP contribution in [0.15, 0.2) is 12.3 Å². The smallest absolute Gasteiger partial charge is 0.268 e. The van der Waals surface area contributed by atoms with Crippen LogP contribution in [0.25, 0.3) is 0 Å². The van der Waals surface area contributed by atoms with Gasteiger partial charge < -0.3 is 9.88 Å². The number of carbonyl (C=O) groups is 1. The summed E-state index contributed by atoms with van der Waals surface area (Å²) in [5, 5.41) is 3.07. The van der Waals surface area contributed by atoms with E-state index in [1.54, 1.807) is 0 Å². The number of nitrogens with zero attached hydrogens (tertiary/aromatic N) is 1. The van der Waals surface area contributed by atoms with Gasteiger partial charge in [-0.05, 0) is 46.2 Å². The molecule has 0 unspecified atom stereocenters. The van der Waals surface area contributed by atoms with Gasteiger partial charge in [0.25, 0.3) is 5.91 Å². The van der Waals surface area contributed by atoms with E-state index >= 15 is 0 Å². The molecule has 0 bridgehead atoms. The summed E-state index contributed by atoms with van der Waals surface area (Å²) in [6.07, 6.45) is 2.01. The molecule has 0 saturated carbocycles. The number of hydrogen-bond donors (Lipinski definition) is 1. The summed E-state index contributed by atoms with van der Waals surface area (Å²) < 4.78 is 2.08. The number of amides is 1. The number of hydrogen-bond acceptors (Lipinski definition) is 1. The van der Waals surface area contributed by atoms with Gasteiger partial charge in [0.05, 0.1) is 11.1 Å². The zero-order valence-electron chi connectivity index (χ0n) is 10.0. The van der Waals surface area contributed by atoms with Gasteiger partial charge in [0, 0.05) is 6.20 Å². The molecule has 82 valence electrons. The molecule has 1 amide bonds. The summed E-state index contributed by atoms with van der Waals surface area (Å²) in [5.41, 5.74) is 1.49. The van der Waals surface area contributed by atoms with Crippen LogP contribution in [0.4, 0.5) is 0 Å². The van der Waals surface area contributed by atoms with E-state index in [0.29, 0.717) is 0 Å². The molecule has 3 nitrogen and oxygen atoms in total. The first kappa shape index (κ1) is 10.3. The van der Waals surface area contributed by atoms with E-state index in [4.69, 9.17) is 0 Å². The van der Waals surface area contributed by atoms with Crippen LogP contribution in [-0.2, 0) is 5.54 Å². The molecule has 0 radical (unpaired) electrons. The standard InChI is InChI=1S/C12H18N2O/c1-8-6-7-14-9(8)10(15)13-11(2,3)12(14,4)5/h6-7H,1-5H3,(H,13,15). The molecule has 2 rings (SSSR count). The summed E-state index contributed by atoms with van der Waals surface area (Å²) in [4.78, 5) is 11.9. The first-order chi connectivity index (χ1) is 6.77. The summed E-state index contributed by atoms with van der Waals surface area (Å²) in [6.45, 7) is 10.4. The van der Waals surface area contributed by atoms with E-state index in [1.807, 2.05) is 19.2 Å². The Kier molecular flexibility index (Phi) is 1.82. The fraction of sp³-hybridized carbons (Fsp3) is 0.583. The van der Waals surface area contributed by atoms with E-state index in [1.165, 1.54) is 0 Å². The predicted octanol–water partition coefficient (Wildman–Crippen LogP) is 2.05. The number of carbonyl (C=O) groups excluding carboxylic acids is 1. The van der Waals surface area contributed by atoms with Crippen LogP contribution in [-0.4, -0.2) is 16.0 Å². The normalized spacial score (nSPS) is 22.1. The molecule has 1 aromatic rings. The first-order valence-corrected chi connectivity index (χ1v) is 5.28. The van der Waals surface area contributed by atoms with E-state index in [0.717, 1.165) is 11.3 Å². The Morgan fingerprint density at radius 2 is 1.87 bits per heavy atom. The molecule has 1 aliphatic heterocycles. The summed E-state index contributed by atoms with van der Waals surface area (Å²) in [5.74, 6) is 0.0295. The second-order valence-corrected chi connectivity index (χ2v) is 5.36. The van der Waals surface area contributed by atoms with Crippen molar-refractivity contribution < 1.29 is 4.79 Å². The van der Waals surface area contributed by atoms with Gasteiger partial charge in [-0.25, -0.2) is 0 Å². The maximum atomic E-state index is 11.9. The van der Waals surface area contributed by atoms with Crippen LogP contribution in [0, 0.1) is 6.92 Å². The summed E-state index contributed by atoms with van der Waals surface area (Å²) in [7, 11) is 0. The Bertz CT molecular complexity index is 427. The molecular weight excluding hydrogens is 188 g/mol. The quantitative estimate of drug-likeness (QED) is 0.692. The summed E-state index contributed by atoms with van der Waals surface area (Å²) >= 11 is 0.